The summed E-state index contributed by atoms with van der Waals surface area (Å²) in [5.74, 6) is 2.92. The zero-order valence-electron chi connectivity index (χ0n) is 27.6. The van der Waals surface area contributed by atoms with E-state index in [0.717, 1.165) is 94.3 Å². The van der Waals surface area contributed by atoms with Crippen LogP contribution in [0.1, 0.15) is 93.1 Å². The third-order valence-corrected chi connectivity index (χ3v) is 10.7. The number of nitrogens with two attached hydrogens (primary N) is 2. The van der Waals surface area contributed by atoms with Gasteiger partial charge in [-0.1, -0.05) is 20.8 Å². The van der Waals surface area contributed by atoms with Gasteiger partial charge in [0.05, 0.1) is 38.3 Å². The van der Waals surface area contributed by atoms with Gasteiger partial charge in [0, 0.05) is 49.7 Å². The van der Waals surface area contributed by atoms with E-state index in [1.807, 2.05) is 29.2 Å². The lowest BCUT2D eigenvalue weighted by molar-refractivity contribution is -0.655. The van der Waals surface area contributed by atoms with E-state index in [0.29, 0.717) is 35.7 Å². The first-order valence-corrected chi connectivity index (χ1v) is 17.5. The largest absolute Gasteiger partial charge is 0.489 e. The Balaban J connectivity index is 1.11. The molecule has 4 fully saturated rings. The van der Waals surface area contributed by atoms with Crippen molar-refractivity contribution >= 4 is 11.6 Å². The van der Waals surface area contributed by atoms with Crippen molar-refractivity contribution in [2.45, 2.75) is 83.8 Å². The van der Waals surface area contributed by atoms with Crippen molar-refractivity contribution in [3.8, 4) is 17.6 Å². The predicted octanol–water partition coefficient (Wildman–Crippen LogP) is 3.66. The second-order valence-corrected chi connectivity index (χ2v) is 14.8. The Kier molecular flexibility index (Phi) is 9.87. The number of likely N-dealkylation sites (tertiary alicyclic amines) is 1. The van der Waals surface area contributed by atoms with Crippen LogP contribution in [0.2, 0.25) is 0 Å². The van der Waals surface area contributed by atoms with Gasteiger partial charge in [-0.25, -0.2) is 0 Å². The predicted molar refractivity (Wildman–Crippen MR) is 176 cm³/mol. The number of piperazine rings is 1. The molecule has 4 aliphatic rings. The quantitative estimate of drug-likeness (QED) is 0.496. The third-order valence-electron chi connectivity index (χ3n) is 10.7. The maximum Gasteiger partial charge on any atom is 0.253 e. The Bertz CT molecular complexity index is 1350. The van der Waals surface area contributed by atoms with Gasteiger partial charge < -0.3 is 29.9 Å². The molecule has 0 unspecified atom stereocenters. The first kappa shape index (κ1) is 31.7. The summed E-state index contributed by atoms with van der Waals surface area (Å²) < 4.78 is 13.0. The van der Waals surface area contributed by atoms with Crippen LogP contribution < -0.4 is 25.0 Å². The van der Waals surface area contributed by atoms with Crippen LogP contribution in [-0.4, -0.2) is 75.4 Å². The third kappa shape index (κ3) is 7.58. The highest BCUT2D eigenvalue weighted by Crippen LogP contribution is 2.45. The number of piperidine rings is 1. The number of nitrogens with zero attached hydrogens (tertiary/aromatic N) is 3. The Labute approximate surface area is 269 Å². The average molecular weight is 616 g/mol. The monoisotopic (exact) mass is 615 g/mol. The van der Waals surface area contributed by atoms with Crippen molar-refractivity contribution in [1.82, 2.24) is 4.90 Å². The maximum atomic E-state index is 13.8. The number of anilines is 1. The van der Waals surface area contributed by atoms with Gasteiger partial charge in [-0.3, -0.25) is 4.79 Å². The SMILES string of the molecule is CC(C)(C)C1CCC(c2cc(C(=O)N3CCC(Oc4cc(N5CC[NH2+]CC5)ccc4C#N)CC3)ccc2O[C@H]2CC[NH2+]C2)CC1. The highest BCUT2D eigenvalue weighted by Gasteiger charge is 2.33. The minimum atomic E-state index is -0.0151. The molecule has 1 aliphatic carbocycles. The van der Waals surface area contributed by atoms with E-state index < -0.39 is 0 Å². The van der Waals surface area contributed by atoms with Crippen LogP contribution in [0.5, 0.6) is 11.5 Å². The lowest BCUT2D eigenvalue weighted by Crippen LogP contribution is -2.89. The van der Waals surface area contributed by atoms with Gasteiger partial charge in [0.25, 0.3) is 5.91 Å². The van der Waals surface area contributed by atoms with E-state index in [1.165, 1.54) is 18.4 Å². The molecule has 6 rings (SSSR count). The average Bonchev–Trinajstić information content (AvgIpc) is 3.58. The molecule has 2 aromatic rings. The number of rotatable bonds is 7. The number of hydrogen-bond donors (Lipinski definition) is 2. The van der Waals surface area contributed by atoms with Crippen LogP contribution in [0.15, 0.2) is 36.4 Å². The number of benzene rings is 2. The summed E-state index contributed by atoms with van der Waals surface area (Å²) in [6.07, 6.45) is 7.56. The van der Waals surface area contributed by atoms with E-state index in [1.54, 1.807) is 0 Å². The molecular formula is C37H53N5O3+2. The molecule has 1 amide bonds. The Morgan fingerprint density at radius 1 is 0.822 bits per heavy atom. The van der Waals surface area contributed by atoms with Gasteiger partial charge in [0.2, 0.25) is 0 Å². The summed E-state index contributed by atoms with van der Waals surface area (Å²) in [5.41, 5.74) is 4.02. The standard InChI is InChI=1S/C37H51N5O3/c1-37(2,3)29-8-4-26(5-9-29)33-22-27(7-11-34(33)45-32-12-15-40-25-32)36(43)42-18-13-31(14-19-42)44-35-23-30(10-6-28(35)24-38)41-20-16-39-17-21-41/h6-7,10-11,22-23,26,29,31-32,39-40H,4-5,8-9,12-21,25H2,1-3H3/p+2/t26?,29?,32-/m0/s1. The van der Waals surface area contributed by atoms with E-state index in [2.05, 4.69) is 54.5 Å². The fourth-order valence-electron chi connectivity index (χ4n) is 7.84. The first-order valence-electron chi connectivity index (χ1n) is 17.5. The van der Waals surface area contributed by atoms with Crippen LogP contribution in [0.4, 0.5) is 5.69 Å². The maximum absolute atomic E-state index is 13.8. The Morgan fingerprint density at radius 2 is 1.56 bits per heavy atom. The van der Waals surface area contributed by atoms with Crippen LogP contribution in [0, 0.1) is 22.7 Å². The molecule has 3 heterocycles. The molecular weight excluding hydrogens is 562 g/mol. The molecule has 8 nitrogen and oxygen atoms in total. The van der Waals surface area contributed by atoms with Gasteiger partial charge in [0.15, 0.2) is 6.10 Å². The Morgan fingerprint density at radius 3 is 2.22 bits per heavy atom. The number of quaternary nitrogens is 2. The molecule has 45 heavy (non-hydrogen) atoms. The van der Waals surface area contributed by atoms with Crippen LogP contribution in [0.25, 0.3) is 0 Å². The summed E-state index contributed by atoms with van der Waals surface area (Å²) in [7, 11) is 0. The van der Waals surface area contributed by atoms with Crippen molar-refractivity contribution in [3.63, 3.8) is 0 Å². The fraction of sp³-hybridized carbons (Fsp3) is 0.622. The lowest BCUT2D eigenvalue weighted by atomic mass is 9.68. The van der Waals surface area contributed by atoms with Gasteiger partial charge >= 0.3 is 0 Å². The molecule has 3 saturated heterocycles. The van der Waals surface area contributed by atoms with Crippen molar-refractivity contribution < 1.29 is 24.9 Å². The van der Waals surface area contributed by atoms with Crippen molar-refractivity contribution in [2.75, 3.05) is 57.3 Å². The molecule has 8 heteroatoms. The molecule has 0 bridgehead atoms. The molecule has 242 valence electrons. The minimum absolute atomic E-state index is 0.0151. The van der Waals surface area contributed by atoms with Gasteiger partial charge in [-0.15, -0.1) is 0 Å². The highest BCUT2D eigenvalue weighted by molar-refractivity contribution is 5.94. The van der Waals surface area contributed by atoms with Crippen molar-refractivity contribution in [2.24, 2.45) is 11.3 Å². The number of nitriles is 1. The van der Waals surface area contributed by atoms with Gasteiger partial charge in [-0.05, 0) is 78.8 Å². The van der Waals surface area contributed by atoms with Crippen molar-refractivity contribution in [1.29, 1.82) is 5.26 Å². The summed E-state index contributed by atoms with van der Waals surface area (Å²) in [4.78, 5) is 18.2. The number of amides is 1. The molecule has 1 saturated carbocycles. The fourth-order valence-corrected chi connectivity index (χ4v) is 7.84. The van der Waals surface area contributed by atoms with E-state index in [4.69, 9.17) is 9.47 Å². The molecule has 1 atom stereocenters. The van der Waals surface area contributed by atoms with Crippen LogP contribution >= 0.6 is 0 Å². The summed E-state index contributed by atoms with van der Waals surface area (Å²) in [6, 6.07) is 14.5. The number of carbonyl (C=O) groups excluding carboxylic acids is 1. The summed E-state index contributed by atoms with van der Waals surface area (Å²) in [6.45, 7) is 14.7. The Hall–Kier alpha value is -3.28. The molecule has 4 N–H and O–H groups in total. The zero-order valence-corrected chi connectivity index (χ0v) is 27.6. The molecule has 0 aromatic heterocycles. The number of carbonyl (C=O) groups is 1. The zero-order chi connectivity index (χ0) is 31.4. The number of hydrogen-bond acceptors (Lipinski definition) is 5. The van der Waals surface area contributed by atoms with Crippen LogP contribution in [-0.2, 0) is 0 Å². The molecule has 2 aromatic carbocycles. The molecule has 0 radical (unpaired) electrons. The van der Waals surface area contributed by atoms with E-state index >= 15 is 0 Å². The lowest BCUT2D eigenvalue weighted by Gasteiger charge is -2.37. The van der Waals surface area contributed by atoms with E-state index in [9.17, 15) is 10.1 Å². The second kappa shape index (κ2) is 14.0. The topological polar surface area (TPSA) is 99.0 Å². The minimum Gasteiger partial charge on any atom is -0.489 e. The van der Waals surface area contributed by atoms with Gasteiger partial charge in [0.1, 0.15) is 30.2 Å². The summed E-state index contributed by atoms with van der Waals surface area (Å²) in [5, 5.41) is 14.4. The smallest absolute Gasteiger partial charge is 0.253 e. The summed E-state index contributed by atoms with van der Waals surface area (Å²) >= 11 is 0. The van der Waals surface area contributed by atoms with E-state index in [-0.39, 0.29) is 18.1 Å². The van der Waals surface area contributed by atoms with Gasteiger partial charge in [-0.2, -0.15) is 5.26 Å². The highest BCUT2D eigenvalue weighted by atomic mass is 16.5. The second-order valence-electron chi connectivity index (χ2n) is 14.8. The number of ether oxygens (including phenoxy) is 2. The molecule has 3 aliphatic heterocycles. The molecule has 0 spiro atoms. The first-order chi connectivity index (χ1) is 21.8. The normalized spacial score (nSPS) is 24.7. The van der Waals surface area contributed by atoms with Crippen molar-refractivity contribution in [3.05, 3.63) is 53.1 Å². The van der Waals surface area contributed by atoms with Crippen LogP contribution in [0.3, 0.4) is 0 Å².